The zero-order chi connectivity index (χ0) is 20.6. The predicted molar refractivity (Wildman–Crippen MR) is 103 cm³/mol. The van der Waals surface area contributed by atoms with Gasteiger partial charge in [-0.2, -0.15) is 4.98 Å². The Morgan fingerprint density at radius 2 is 1.83 bits per heavy atom. The van der Waals surface area contributed by atoms with E-state index in [2.05, 4.69) is 10.1 Å². The number of phenols is 1. The number of nitrogens with two attached hydrogens (primary N) is 1. The smallest absolute Gasteiger partial charge is 0.258 e. The summed E-state index contributed by atoms with van der Waals surface area (Å²) in [7, 11) is 1.47. The summed E-state index contributed by atoms with van der Waals surface area (Å²) >= 11 is 0. The molecule has 0 saturated heterocycles. The molecule has 0 atom stereocenters. The third-order valence-corrected chi connectivity index (χ3v) is 4.68. The third kappa shape index (κ3) is 3.31. The van der Waals surface area contributed by atoms with E-state index in [9.17, 15) is 15.3 Å². The Balaban J connectivity index is 1.68. The standard InChI is InChI=1S/C20H19N3O6/c1-27-16-5-3-12(7-14(16)26)19-22-18(23-29-19)11-2-4-15-13(6-11)8-17(28-15)20(21,9-24)10-25/h2-8,24-26H,9-10,21H2,1H3. The Kier molecular flexibility index (Phi) is 4.71. The summed E-state index contributed by atoms with van der Waals surface area (Å²) < 4.78 is 16.0. The lowest BCUT2D eigenvalue weighted by Crippen LogP contribution is -2.43. The number of rotatable bonds is 6. The number of benzene rings is 2. The van der Waals surface area contributed by atoms with Gasteiger partial charge in [-0.1, -0.05) is 5.16 Å². The number of methoxy groups -OCH3 is 1. The fraction of sp³-hybridized carbons (Fsp3) is 0.200. The molecule has 9 nitrogen and oxygen atoms in total. The van der Waals surface area contributed by atoms with Gasteiger partial charge in [0.05, 0.1) is 20.3 Å². The van der Waals surface area contributed by atoms with Crippen molar-refractivity contribution in [2.24, 2.45) is 5.73 Å². The molecule has 9 heteroatoms. The summed E-state index contributed by atoms with van der Waals surface area (Å²) in [6, 6.07) is 11.7. The summed E-state index contributed by atoms with van der Waals surface area (Å²) in [5.74, 6) is 1.18. The van der Waals surface area contributed by atoms with E-state index in [1.165, 1.54) is 13.2 Å². The van der Waals surface area contributed by atoms with E-state index >= 15 is 0 Å². The Hall–Kier alpha value is -3.40. The predicted octanol–water partition coefficient (Wildman–Crippen LogP) is 2.00. The maximum absolute atomic E-state index is 9.93. The highest BCUT2D eigenvalue weighted by molar-refractivity contribution is 5.83. The molecule has 0 aliphatic heterocycles. The number of phenolic OH excluding ortho intramolecular Hbond substituents is 1. The second kappa shape index (κ2) is 7.21. The van der Waals surface area contributed by atoms with Crippen LogP contribution in [0.15, 0.2) is 51.4 Å². The first-order valence-electron chi connectivity index (χ1n) is 8.73. The number of nitrogens with zero attached hydrogens (tertiary/aromatic N) is 2. The Morgan fingerprint density at radius 1 is 1.07 bits per heavy atom. The van der Waals surface area contributed by atoms with E-state index in [0.29, 0.717) is 33.7 Å². The van der Waals surface area contributed by atoms with Crippen LogP contribution in [0.4, 0.5) is 0 Å². The highest BCUT2D eigenvalue weighted by atomic mass is 16.5. The molecule has 0 fully saturated rings. The number of ether oxygens (including phenoxy) is 1. The number of hydrogen-bond acceptors (Lipinski definition) is 9. The first-order chi connectivity index (χ1) is 14.0. The first-order valence-corrected chi connectivity index (χ1v) is 8.73. The van der Waals surface area contributed by atoms with Gasteiger partial charge < -0.3 is 34.7 Å². The van der Waals surface area contributed by atoms with Gasteiger partial charge in [0, 0.05) is 16.5 Å². The van der Waals surface area contributed by atoms with Gasteiger partial charge in [0.25, 0.3) is 5.89 Å². The number of furan rings is 1. The molecule has 29 heavy (non-hydrogen) atoms. The number of aliphatic hydroxyl groups is 2. The molecule has 0 aliphatic rings. The van der Waals surface area contributed by atoms with Crippen molar-refractivity contribution >= 4 is 11.0 Å². The van der Waals surface area contributed by atoms with E-state index in [4.69, 9.17) is 19.4 Å². The van der Waals surface area contributed by atoms with E-state index < -0.39 is 18.8 Å². The number of aromatic hydroxyl groups is 1. The minimum absolute atomic E-state index is 0.0323. The Morgan fingerprint density at radius 3 is 2.52 bits per heavy atom. The molecular formula is C20H19N3O6. The van der Waals surface area contributed by atoms with Crippen molar-refractivity contribution in [3.63, 3.8) is 0 Å². The molecule has 0 unspecified atom stereocenters. The topological polar surface area (TPSA) is 148 Å². The van der Waals surface area contributed by atoms with Crippen LogP contribution in [0, 0.1) is 0 Å². The molecule has 0 aliphatic carbocycles. The van der Waals surface area contributed by atoms with Crippen LogP contribution in [0.5, 0.6) is 11.5 Å². The molecule has 0 spiro atoms. The van der Waals surface area contributed by atoms with Gasteiger partial charge >= 0.3 is 0 Å². The van der Waals surface area contributed by atoms with Gasteiger partial charge in [0.1, 0.15) is 16.9 Å². The number of aliphatic hydroxyl groups excluding tert-OH is 2. The van der Waals surface area contributed by atoms with Crippen LogP contribution in [-0.2, 0) is 5.54 Å². The van der Waals surface area contributed by atoms with Crippen LogP contribution in [-0.4, -0.2) is 45.8 Å². The lowest BCUT2D eigenvalue weighted by Gasteiger charge is -2.21. The van der Waals surface area contributed by atoms with Crippen LogP contribution in [0.1, 0.15) is 5.76 Å². The normalized spacial score (nSPS) is 11.9. The first kappa shape index (κ1) is 18.9. The highest BCUT2D eigenvalue weighted by Crippen LogP contribution is 2.33. The molecule has 4 aromatic rings. The second-order valence-corrected chi connectivity index (χ2v) is 6.65. The van der Waals surface area contributed by atoms with E-state index in [0.717, 1.165) is 0 Å². The van der Waals surface area contributed by atoms with Gasteiger partial charge in [-0.15, -0.1) is 0 Å². The summed E-state index contributed by atoms with van der Waals surface area (Å²) in [5.41, 5.74) is 6.37. The van der Waals surface area contributed by atoms with Gasteiger partial charge in [-0.25, -0.2) is 0 Å². The Labute approximate surface area is 165 Å². The average Bonchev–Trinajstić information content (AvgIpc) is 3.40. The number of hydrogen-bond donors (Lipinski definition) is 4. The minimum Gasteiger partial charge on any atom is -0.504 e. The van der Waals surface area contributed by atoms with Gasteiger partial charge in [0.2, 0.25) is 5.82 Å². The minimum atomic E-state index is -1.37. The Bertz CT molecular complexity index is 1160. The lowest BCUT2D eigenvalue weighted by atomic mass is 10.00. The molecular weight excluding hydrogens is 378 g/mol. The van der Waals surface area contributed by atoms with Gasteiger partial charge in [-0.3, -0.25) is 0 Å². The van der Waals surface area contributed by atoms with Gasteiger partial charge in [-0.05, 0) is 42.5 Å². The summed E-state index contributed by atoms with van der Waals surface area (Å²) in [6.07, 6.45) is 0. The highest BCUT2D eigenvalue weighted by Gasteiger charge is 2.30. The lowest BCUT2D eigenvalue weighted by molar-refractivity contribution is 0.105. The third-order valence-electron chi connectivity index (χ3n) is 4.68. The van der Waals surface area contributed by atoms with Gasteiger partial charge in [0.15, 0.2) is 11.5 Å². The molecule has 0 radical (unpaired) electrons. The molecule has 2 aromatic carbocycles. The van der Waals surface area contributed by atoms with Crippen LogP contribution in [0.2, 0.25) is 0 Å². The SMILES string of the molecule is COc1ccc(-c2nc(-c3ccc4oc(C(N)(CO)CO)cc4c3)no2)cc1O. The van der Waals surface area contributed by atoms with Crippen LogP contribution in [0.25, 0.3) is 33.8 Å². The van der Waals surface area contributed by atoms with Crippen molar-refractivity contribution in [2.45, 2.75) is 5.54 Å². The van der Waals surface area contributed by atoms with Crippen LogP contribution < -0.4 is 10.5 Å². The molecule has 5 N–H and O–H groups in total. The van der Waals surface area contributed by atoms with Crippen LogP contribution >= 0.6 is 0 Å². The molecule has 2 heterocycles. The van der Waals surface area contributed by atoms with Crippen molar-refractivity contribution in [2.75, 3.05) is 20.3 Å². The zero-order valence-electron chi connectivity index (χ0n) is 15.5. The fourth-order valence-electron chi connectivity index (χ4n) is 2.91. The largest absolute Gasteiger partial charge is 0.504 e. The van der Waals surface area contributed by atoms with Crippen molar-refractivity contribution < 1.29 is 29.0 Å². The average molecular weight is 397 g/mol. The molecule has 0 bridgehead atoms. The van der Waals surface area contributed by atoms with Crippen molar-refractivity contribution in [3.05, 3.63) is 48.2 Å². The number of fused-ring (bicyclic) bond motifs is 1. The quantitative estimate of drug-likeness (QED) is 0.383. The van der Waals surface area contributed by atoms with E-state index in [-0.39, 0.29) is 17.4 Å². The number of aromatic nitrogens is 2. The maximum Gasteiger partial charge on any atom is 0.258 e. The summed E-state index contributed by atoms with van der Waals surface area (Å²) in [4.78, 5) is 4.38. The monoisotopic (exact) mass is 397 g/mol. The van der Waals surface area contributed by atoms with Crippen LogP contribution in [0.3, 0.4) is 0 Å². The maximum atomic E-state index is 9.93. The second-order valence-electron chi connectivity index (χ2n) is 6.65. The molecule has 0 amide bonds. The molecule has 4 rings (SSSR count). The summed E-state index contributed by atoms with van der Waals surface area (Å²) in [5, 5.41) is 33.6. The van der Waals surface area contributed by atoms with Crippen molar-refractivity contribution in [3.8, 4) is 34.3 Å². The molecule has 0 saturated carbocycles. The van der Waals surface area contributed by atoms with E-state index in [1.807, 2.05) is 0 Å². The van der Waals surface area contributed by atoms with Crippen molar-refractivity contribution in [1.82, 2.24) is 10.1 Å². The summed E-state index contributed by atoms with van der Waals surface area (Å²) in [6.45, 7) is -0.918. The van der Waals surface area contributed by atoms with E-state index in [1.54, 1.807) is 36.4 Å². The molecule has 150 valence electrons. The molecule has 2 aromatic heterocycles. The van der Waals surface area contributed by atoms with Crippen molar-refractivity contribution in [1.29, 1.82) is 0 Å². The fourth-order valence-corrected chi connectivity index (χ4v) is 2.91. The zero-order valence-corrected chi connectivity index (χ0v) is 15.5.